The number of aromatic nitrogens is 3. The van der Waals surface area contributed by atoms with Crippen LogP contribution in [0.4, 0.5) is 0 Å². The Bertz CT molecular complexity index is 546. The normalized spacial score (nSPS) is 9.43. The van der Waals surface area contributed by atoms with E-state index in [1.54, 1.807) is 12.3 Å². The van der Waals surface area contributed by atoms with Crippen molar-refractivity contribution in [2.75, 3.05) is 0 Å². The molecule has 5 heteroatoms. The van der Waals surface area contributed by atoms with Crippen molar-refractivity contribution in [1.29, 1.82) is 0 Å². The Hall–Kier alpha value is -2.35. The molecule has 0 fully saturated rings. The van der Waals surface area contributed by atoms with E-state index >= 15 is 0 Å². The van der Waals surface area contributed by atoms with Crippen LogP contribution in [0.25, 0.3) is 11.0 Å². The quantitative estimate of drug-likeness (QED) is 0.558. The van der Waals surface area contributed by atoms with Gasteiger partial charge in [0.25, 0.3) is 5.91 Å². The number of aromatic amines is 1. The second-order valence-electron chi connectivity index (χ2n) is 2.59. The molecule has 0 saturated heterocycles. The van der Waals surface area contributed by atoms with Gasteiger partial charge in [-0.15, -0.1) is 0 Å². The number of H-pyrrole nitrogens is 1. The summed E-state index contributed by atoms with van der Waals surface area (Å²) >= 11 is 0. The smallest absolute Gasteiger partial charge is 0.293 e. The number of carbonyl (C=O) groups excluding carboxylic acids is 1. The molecule has 68 valence electrons. The average molecular weight is 186 g/mol. The summed E-state index contributed by atoms with van der Waals surface area (Å²) in [6.45, 7) is 0. The Morgan fingerprint density at radius 2 is 2.43 bits per heavy atom. The maximum absolute atomic E-state index is 10.4. The van der Waals surface area contributed by atoms with E-state index < -0.39 is 5.91 Å². The van der Waals surface area contributed by atoms with Crippen LogP contribution in [-0.4, -0.2) is 21.1 Å². The highest BCUT2D eigenvalue weighted by Crippen LogP contribution is 2.10. The summed E-state index contributed by atoms with van der Waals surface area (Å²) in [4.78, 5) is 14.4. The number of hydrogen-bond acceptors (Lipinski definition) is 3. The van der Waals surface area contributed by atoms with Crippen LogP contribution in [0, 0.1) is 11.8 Å². The molecule has 0 aliphatic carbocycles. The van der Waals surface area contributed by atoms with E-state index in [9.17, 15) is 4.79 Å². The molecule has 2 rings (SSSR count). The number of nitrogens with two attached hydrogens (primary N) is 1. The standard InChI is InChI=1S/C9H6N4O/c10-8(14)4-3-7-6-2-1-5-11-9(6)13-12-7/h1-2,5H,(H2,10,14)(H,11,12,13). The van der Waals surface area contributed by atoms with Gasteiger partial charge in [-0.1, -0.05) is 0 Å². The zero-order valence-corrected chi connectivity index (χ0v) is 7.11. The third-order valence-electron chi connectivity index (χ3n) is 1.64. The van der Waals surface area contributed by atoms with Gasteiger partial charge in [0.05, 0.1) is 5.39 Å². The maximum Gasteiger partial charge on any atom is 0.293 e. The van der Waals surface area contributed by atoms with Crippen molar-refractivity contribution >= 4 is 16.9 Å². The van der Waals surface area contributed by atoms with Crippen molar-refractivity contribution in [3.05, 3.63) is 24.0 Å². The summed E-state index contributed by atoms with van der Waals surface area (Å²) in [7, 11) is 0. The number of nitrogens with one attached hydrogen (secondary N) is 1. The molecule has 0 unspecified atom stereocenters. The Morgan fingerprint density at radius 3 is 3.21 bits per heavy atom. The van der Waals surface area contributed by atoms with E-state index in [4.69, 9.17) is 5.73 Å². The van der Waals surface area contributed by atoms with Gasteiger partial charge < -0.3 is 5.73 Å². The van der Waals surface area contributed by atoms with Gasteiger partial charge >= 0.3 is 0 Å². The first-order valence-corrected chi connectivity index (χ1v) is 3.88. The zero-order chi connectivity index (χ0) is 9.97. The molecule has 0 saturated carbocycles. The number of rotatable bonds is 0. The van der Waals surface area contributed by atoms with E-state index in [0.717, 1.165) is 5.39 Å². The van der Waals surface area contributed by atoms with Gasteiger partial charge in [-0.05, 0) is 18.1 Å². The van der Waals surface area contributed by atoms with Gasteiger partial charge in [0, 0.05) is 12.1 Å². The van der Waals surface area contributed by atoms with Crippen LogP contribution in [0.15, 0.2) is 18.3 Å². The predicted octanol–water partition coefficient (Wildman–Crippen LogP) is -0.205. The maximum atomic E-state index is 10.4. The summed E-state index contributed by atoms with van der Waals surface area (Å²) in [5.74, 6) is 4.14. The number of amides is 1. The van der Waals surface area contributed by atoms with Gasteiger partial charge in [0.2, 0.25) is 0 Å². The highest BCUT2D eigenvalue weighted by molar-refractivity contribution is 5.93. The van der Waals surface area contributed by atoms with Gasteiger partial charge in [-0.3, -0.25) is 9.89 Å². The second-order valence-corrected chi connectivity index (χ2v) is 2.59. The number of primary amides is 1. The molecule has 2 heterocycles. The van der Waals surface area contributed by atoms with E-state index in [1.165, 1.54) is 0 Å². The van der Waals surface area contributed by atoms with E-state index in [1.807, 2.05) is 6.07 Å². The fraction of sp³-hybridized carbons (Fsp3) is 0. The number of hydrogen-bond donors (Lipinski definition) is 2. The monoisotopic (exact) mass is 186 g/mol. The Kier molecular flexibility index (Phi) is 1.88. The third-order valence-corrected chi connectivity index (χ3v) is 1.64. The van der Waals surface area contributed by atoms with Crippen molar-refractivity contribution < 1.29 is 4.79 Å². The minimum Gasteiger partial charge on any atom is -0.359 e. The number of fused-ring (bicyclic) bond motifs is 1. The Balaban J connectivity index is 2.55. The number of carbonyl (C=O) groups is 1. The van der Waals surface area contributed by atoms with Gasteiger partial charge in [0.15, 0.2) is 5.65 Å². The van der Waals surface area contributed by atoms with Gasteiger partial charge in [-0.2, -0.15) is 5.10 Å². The molecule has 0 aliphatic rings. The summed E-state index contributed by atoms with van der Waals surface area (Å²) < 4.78 is 0. The first kappa shape index (κ1) is 8.26. The molecule has 0 aliphatic heterocycles. The Labute approximate surface area is 79.3 Å². The van der Waals surface area contributed by atoms with Gasteiger partial charge in [-0.25, -0.2) is 4.98 Å². The predicted molar refractivity (Wildman–Crippen MR) is 50.0 cm³/mol. The van der Waals surface area contributed by atoms with Crippen molar-refractivity contribution in [3.63, 3.8) is 0 Å². The average Bonchev–Trinajstić information content (AvgIpc) is 2.58. The number of pyridine rings is 1. The fourth-order valence-corrected chi connectivity index (χ4v) is 1.07. The first-order chi connectivity index (χ1) is 6.77. The topological polar surface area (TPSA) is 84.7 Å². The van der Waals surface area contributed by atoms with E-state index in [-0.39, 0.29) is 0 Å². The summed E-state index contributed by atoms with van der Waals surface area (Å²) in [5.41, 5.74) is 6.01. The van der Waals surface area contributed by atoms with Gasteiger partial charge in [0.1, 0.15) is 5.69 Å². The molecule has 0 spiro atoms. The number of nitrogens with zero attached hydrogens (tertiary/aromatic N) is 2. The molecule has 2 aromatic rings. The molecular weight excluding hydrogens is 180 g/mol. The molecule has 0 aromatic carbocycles. The van der Waals surface area contributed by atoms with E-state index in [0.29, 0.717) is 11.3 Å². The largest absolute Gasteiger partial charge is 0.359 e. The van der Waals surface area contributed by atoms with Crippen LogP contribution >= 0.6 is 0 Å². The van der Waals surface area contributed by atoms with Crippen LogP contribution in [0.2, 0.25) is 0 Å². The van der Waals surface area contributed by atoms with Crippen molar-refractivity contribution in [3.8, 4) is 11.8 Å². The molecule has 5 nitrogen and oxygen atoms in total. The molecule has 1 amide bonds. The lowest BCUT2D eigenvalue weighted by Gasteiger charge is -1.84. The summed E-state index contributed by atoms with van der Waals surface area (Å²) in [6, 6.07) is 3.59. The molecule has 0 bridgehead atoms. The molecular formula is C9H6N4O. The lowest BCUT2D eigenvalue weighted by atomic mass is 10.2. The molecule has 14 heavy (non-hydrogen) atoms. The van der Waals surface area contributed by atoms with Crippen molar-refractivity contribution in [1.82, 2.24) is 15.2 Å². The molecule has 2 aromatic heterocycles. The lowest BCUT2D eigenvalue weighted by Crippen LogP contribution is -2.06. The summed E-state index contributed by atoms with van der Waals surface area (Å²) in [6.07, 6.45) is 1.63. The highest BCUT2D eigenvalue weighted by Gasteiger charge is 2.01. The van der Waals surface area contributed by atoms with Crippen molar-refractivity contribution in [2.45, 2.75) is 0 Å². The summed E-state index contributed by atoms with van der Waals surface area (Å²) in [5, 5.41) is 7.36. The second kappa shape index (κ2) is 3.18. The van der Waals surface area contributed by atoms with Crippen LogP contribution in [-0.2, 0) is 4.79 Å². The Morgan fingerprint density at radius 1 is 1.57 bits per heavy atom. The third kappa shape index (κ3) is 1.41. The minimum absolute atomic E-state index is 0.548. The lowest BCUT2D eigenvalue weighted by molar-refractivity contribution is -0.112. The van der Waals surface area contributed by atoms with Crippen LogP contribution in [0.5, 0.6) is 0 Å². The van der Waals surface area contributed by atoms with Crippen LogP contribution in [0.3, 0.4) is 0 Å². The van der Waals surface area contributed by atoms with Crippen LogP contribution in [0.1, 0.15) is 5.69 Å². The highest BCUT2D eigenvalue weighted by atomic mass is 16.1. The SMILES string of the molecule is NC(=O)C#Cc1[nH]nc2ncccc12. The van der Waals surface area contributed by atoms with E-state index in [2.05, 4.69) is 27.0 Å². The molecule has 0 radical (unpaired) electrons. The van der Waals surface area contributed by atoms with Crippen LogP contribution < -0.4 is 5.73 Å². The first-order valence-electron chi connectivity index (χ1n) is 3.88. The fourth-order valence-electron chi connectivity index (χ4n) is 1.07. The zero-order valence-electron chi connectivity index (χ0n) is 7.11. The molecule has 0 atom stereocenters. The minimum atomic E-state index is -0.670. The molecule has 3 N–H and O–H groups in total. The van der Waals surface area contributed by atoms with Crippen molar-refractivity contribution in [2.24, 2.45) is 5.73 Å².